The van der Waals surface area contributed by atoms with Crippen LogP contribution in [0.25, 0.3) is 11.4 Å². The van der Waals surface area contributed by atoms with E-state index in [9.17, 15) is 5.11 Å². The summed E-state index contributed by atoms with van der Waals surface area (Å²) < 4.78 is 10.8. The predicted octanol–water partition coefficient (Wildman–Crippen LogP) is 3.05. The van der Waals surface area contributed by atoms with Crippen LogP contribution in [0, 0.1) is 6.92 Å². The number of nitrogens with one attached hydrogen (secondary N) is 1. The Morgan fingerprint density at radius 1 is 1.22 bits per heavy atom. The zero-order valence-corrected chi connectivity index (χ0v) is 15.1. The monoisotopic (exact) mass is 367 g/mol. The smallest absolute Gasteiger partial charge is 0.255 e. The predicted molar refractivity (Wildman–Crippen MR) is 98.3 cm³/mol. The van der Waals surface area contributed by atoms with E-state index in [4.69, 9.17) is 9.26 Å². The van der Waals surface area contributed by atoms with Crippen molar-refractivity contribution < 1.29 is 14.4 Å². The molecule has 27 heavy (non-hydrogen) atoms. The Balaban J connectivity index is 1.40. The number of para-hydroxylation sites is 1. The van der Waals surface area contributed by atoms with Gasteiger partial charge >= 0.3 is 0 Å². The summed E-state index contributed by atoms with van der Waals surface area (Å²) in [5.41, 5.74) is 1.41. The molecule has 2 aromatic heterocycles. The highest BCUT2D eigenvalue weighted by Crippen LogP contribution is 2.28. The van der Waals surface area contributed by atoms with Crippen molar-refractivity contribution in [1.82, 2.24) is 20.1 Å². The van der Waals surface area contributed by atoms with Crippen molar-refractivity contribution in [2.24, 2.45) is 0 Å². The number of aryl methyl sites for hydroxylation is 1. The van der Waals surface area contributed by atoms with Gasteiger partial charge in [0, 0.05) is 31.3 Å². The minimum Gasteiger partial charge on any atom is -0.507 e. The molecule has 1 aliphatic rings. The van der Waals surface area contributed by atoms with Gasteiger partial charge in [0.05, 0.1) is 5.56 Å². The summed E-state index contributed by atoms with van der Waals surface area (Å²) in [5, 5.41) is 17.3. The number of rotatable bonds is 6. The molecular weight excluding hydrogens is 346 g/mol. The lowest BCUT2D eigenvalue weighted by atomic mass is 10.2. The molecule has 1 saturated heterocycles. The number of hydrogen-bond acceptors (Lipinski definition) is 8. The molecule has 3 heterocycles. The fourth-order valence-corrected chi connectivity index (χ4v) is 3.02. The Hall–Kier alpha value is -3.00. The van der Waals surface area contributed by atoms with Gasteiger partial charge in [0.2, 0.25) is 0 Å². The first-order valence-corrected chi connectivity index (χ1v) is 9.01. The summed E-state index contributed by atoms with van der Waals surface area (Å²) in [6, 6.07) is 8.88. The van der Waals surface area contributed by atoms with Crippen molar-refractivity contribution in [3.63, 3.8) is 0 Å². The maximum atomic E-state index is 10.0. The first-order valence-electron chi connectivity index (χ1n) is 9.01. The van der Waals surface area contributed by atoms with Gasteiger partial charge in [0.15, 0.2) is 11.6 Å². The van der Waals surface area contributed by atoms with Crippen LogP contribution in [-0.4, -0.2) is 38.4 Å². The van der Waals surface area contributed by atoms with E-state index in [0.717, 1.165) is 25.1 Å². The van der Waals surface area contributed by atoms with Crippen LogP contribution in [-0.2, 0) is 11.2 Å². The SMILES string of the molecule is Cc1cc(NCCc2noc([C@H]3CCCO3)n2)nc(-c2ccccc2O)n1. The molecule has 8 nitrogen and oxygen atoms in total. The lowest BCUT2D eigenvalue weighted by Crippen LogP contribution is -2.09. The van der Waals surface area contributed by atoms with E-state index in [1.54, 1.807) is 18.2 Å². The Kier molecular flexibility index (Phi) is 4.97. The average molecular weight is 367 g/mol. The molecule has 1 aliphatic heterocycles. The number of nitrogens with zero attached hydrogens (tertiary/aromatic N) is 4. The summed E-state index contributed by atoms with van der Waals surface area (Å²) in [5.74, 6) is 2.52. The van der Waals surface area contributed by atoms with Crippen molar-refractivity contribution in [2.45, 2.75) is 32.3 Å². The molecule has 140 valence electrons. The van der Waals surface area contributed by atoms with E-state index in [-0.39, 0.29) is 11.9 Å². The van der Waals surface area contributed by atoms with Gasteiger partial charge in [-0.25, -0.2) is 9.97 Å². The van der Waals surface area contributed by atoms with E-state index in [2.05, 4.69) is 25.4 Å². The number of phenols is 1. The third kappa shape index (κ3) is 4.06. The topological polar surface area (TPSA) is 106 Å². The second kappa shape index (κ2) is 7.71. The summed E-state index contributed by atoms with van der Waals surface area (Å²) in [6.07, 6.45) is 2.49. The zero-order valence-electron chi connectivity index (χ0n) is 15.1. The standard InChI is InChI=1S/C19H21N5O3/c1-12-11-17(22-18(21-12)13-5-2-3-6-14(13)25)20-9-8-16-23-19(27-24-16)15-7-4-10-26-15/h2-3,5-6,11,15,25H,4,7-10H2,1H3,(H,20,21,22)/t15-/m1/s1. The highest BCUT2D eigenvalue weighted by molar-refractivity contribution is 5.64. The molecule has 1 aromatic carbocycles. The van der Waals surface area contributed by atoms with E-state index in [1.165, 1.54) is 0 Å². The highest BCUT2D eigenvalue weighted by atomic mass is 16.5. The fraction of sp³-hybridized carbons (Fsp3) is 0.368. The van der Waals surface area contributed by atoms with Crippen LogP contribution in [0.4, 0.5) is 5.82 Å². The molecule has 0 unspecified atom stereocenters. The number of benzene rings is 1. The molecule has 0 radical (unpaired) electrons. The Bertz CT molecular complexity index is 921. The van der Waals surface area contributed by atoms with Crippen molar-refractivity contribution in [1.29, 1.82) is 0 Å². The lowest BCUT2D eigenvalue weighted by molar-refractivity contribution is 0.0835. The van der Waals surface area contributed by atoms with Gasteiger partial charge < -0.3 is 19.7 Å². The maximum Gasteiger partial charge on any atom is 0.255 e. The second-order valence-corrected chi connectivity index (χ2v) is 6.46. The Labute approximate surface area is 156 Å². The van der Waals surface area contributed by atoms with Crippen molar-refractivity contribution >= 4 is 5.82 Å². The van der Waals surface area contributed by atoms with E-state index in [1.807, 2.05) is 19.1 Å². The number of anilines is 1. The number of ether oxygens (including phenoxy) is 1. The van der Waals surface area contributed by atoms with Gasteiger partial charge in [-0.15, -0.1) is 0 Å². The number of aromatic nitrogens is 4. The maximum absolute atomic E-state index is 10.0. The van der Waals surface area contributed by atoms with Gasteiger partial charge in [-0.05, 0) is 31.9 Å². The summed E-state index contributed by atoms with van der Waals surface area (Å²) in [7, 11) is 0. The second-order valence-electron chi connectivity index (χ2n) is 6.46. The molecule has 3 aromatic rings. The molecule has 0 aliphatic carbocycles. The van der Waals surface area contributed by atoms with Gasteiger partial charge in [-0.2, -0.15) is 4.98 Å². The Morgan fingerprint density at radius 3 is 2.93 bits per heavy atom. The summed E-state index contributed by atoms with van der Waals surface area (Å²) in [4.78, 5) is 13.3. The highest BCUT2D eigenvalue weighted by Gasteiger charge is 2.23. The van der Waals surface area contributed by atoms with Gasteiger partial charge in [0.1, 0.15) is 17.7 Å². The minimum absolute atomic E-state index is 0.0650. The lowest BCUT2D eigenvalue weighted by Gasteiger charge is -2.09. The molecule has 1 atom stereocenters. The molecule has 0 saturated carbocycles. The van der Waals surface area contributed by atoms with Crippen LogP contribution >= 0.6 is 0 Å². The molecule has 0 amide bonds. The van der Waals surface area contributed by atoms with Crippen molar-refractivity contribution in [3.05, 3.63) is 47.7 Å². The number of aromatic hydroxyl groups is 1. The Morgan fingerprint density at radius 2 is 2.11 bits per heavy atom. The average Bonchev–Trinajstić information content (AvgIpc) is 3.33. The summed E-state index contributed by atoms with van der Waals surface area (Å²) in [6.45, 7) is 3.24. The van der Waals surface area contributed by atoms with E-state index < -0.39 is 0 Å². The zero-order chi connectivity index (χ0) is 18.6. The first-order chi connectivity index (χ1) is 13.2. The number of hydrogen-bond donors (Lipinski definition) is 2. The van der Waals surface area contributed by atoms with E-state index >= 15 is 0 Å². The third-order valence-corrected chi connectivity index (χ3v) is 4.34. The molecular formula is C19H21N5O3. The fourth-order valence-electron chi connectivity index (χ4n) is 3.02. The van der Waals surface area contributed by atoms with Crippen LogP contribution in [0.15, 0.2) is 34.9 Å². The molecule has 8 heteroatoms. The first kappa shape index (κ1) is 17.4. The van der Waals surface area contributed by atoms with Gasteiger partial charge in [-0.1, -0.05) is 17.3 Å². The number of phenolic OH excluding ortho intramolecular Hbond substituents is 1. The molecule has 2 N–H and O–H groups in total. The van der Waals surface area contributed by atoms with Crippen LogP contribution in [0.1, 0.15) is 36.4 Å². The molecule has 1 fully saturated rings. The normalized spacial score (nSPS) is 16.6. The van der Waals surface area contributed by atoms with Gasteiger partial charge in [-0.3, -0.25) is 0 Å². The molecule has 0 bridgehead atoms. The van der Waals surface area contributed by atoms with Crippen LogP contribution in [0.2, 0.25) is 0 Å². The van der Waals surface area contributed by atoms with E-state index in [0.29, 0.717) is 41.9 Å². The van der Waals surface area contributed by atoms with Crippen molar-refractivity contribution in [2.75, 3.05) is 18.5 Å². The van der Waals surface area contributed by atoms with Crippen LogP contribution in [0.5, 0.6) is 5.75 Å². The summed E-state index contributed by atoms with van der Waals surface area (Å²) >= 11 is 0. The van der Waals surface area contributed by atoms with Crippen LogP contribution in [0.3, 0.4) is 0 Å². The molecule has 4 rings (SSSR count). The minimum atomic E-state index is -0.0650. The third-order valence-electron chi connectivity index (χ3n) is 4.34. The quantitative estimate of drug-likeness (QED) is 0.685. The largest absolute Gasteiger partial charge is 0.507 e. The molecule has 0 spiro atoms. The van der Waals surface area contributed by atoms with Crippen LogP contribution < -0.4 is 5.32 Å². The van der Waals surface area contributed by atoms with Gasteiger partial charge in [0.25, 0.3) is 5.89 Å². The van der Waals surface area contributed by atoms with Crippen molar-refractivity contribution in [3.8, 4) is 17.1 Å².